The van der Waals surface area contributed by atoms with Crippen LogP contribution in [0.4, 0.5) is 0 Å². The Morgan fingerprint density at radius 1 is 1.22 bits per heavy atom. The van der Waals surface area contributed by atoms with Crippen molar-refractivity contribution in [2.45, 2.75) is 38.6 Å². The molecule has 2 nitrogen and oxygen atoms in total. The Morgan fingerprint density at radius 3 is 2.67 bits per heavy atom. The summed E-state index contributed by atoms with van der Waals surface area (Å²) in [4.78, 5) is 0. The van der Waals surface area contributed by atoms with Crippen molar-refractivity contribution < 1.29 is 4.74 Å². The van der Waals surface area contributed by atoms with Gasteiger partial charge in [-0.05, 0) is 49.5 Å². The van der Waals surface area contributed by atoms with Crippen LogP contribution in [0.15, 0.2) is 24.3 Å². The first-order valence-electron chi connectivity index (χ1n) is 7.27. The summed E-state index contributed by atoms with van der Waals surface area (Å²) in [6, 6.07) is 8.46. The number of benzene rings is 1. The minimum absolute atomic E-state index is 0.158. The number of nitrogens with two attached hydrogens (primary N) is 1. The lowest BCUT2D eigenvalue weighted by molar-refractivity contribution is 0.305. The van der Waals surface area contributed by atoms with Crippen molar-refractivity contribution in [2.24, 2.45) is 23.5 Å². The van der Waals surface area contributed by atoms with Crippen LogP contribution in [-0.2, 0) is 0 Å². The Morgan fingerprint density at radius 2 is 1.94 bits per heavy atom. The van der Waals surface area contributed by atoms with Crippen molar-refractivity contribution in [3.05, 3.63) is 29.8 Å². The molecule has 0 spiro atoms. The van der Waals surface area contributed by atoms with Crippen LogP contribution in [0, 0.1) is 17.8 Å². The molecule has 2 aliphatic carbocycles. The first kappa shape index (κ1) is 12.0. The zero-order valence-corrected chi connectivity index (χ0v) is 11.1. The van der Waals surface area contributed by atoms with Crippen LogP contribution in [-0.4, -0.2) is 6.61 Å². The van der Waals surface area contributed by atoms with Crippen LogP contribution in [0.2, 0.25) is 0 Å². The Bertz CT molecular complexity index is 407. The predicted molar refractivity (Wildman–Crippen MR) is 73.5 cm³/mol. The Hall–Kier alpha value is -1.02. The monoisotopic (exact) mass is 245 g/mol. The van der Waals surface area contributed by atoms with Gasteiger partial charge in [-0.25, -0.2) is 0 Å². The molecule has 2 fully saturated rings. The third-order valence-corrected chi connectivity index (χ3v) is 4.53. The van der Waals surface area contributed by atoms with Crippen LogP contribution < -0.4 is 10.5 Å². The summed E-state index contributed by atoms with van der Waals surface area (Å²) in [6.45, 7) is 2.91. The van der Waals surface area contributed by atoms with E-state index < -0.39 is 0 Å². The molecule has 3 atom stereocenters. The number of para-hydroxylation sites is 1. The van der Waals surface area contributed by atoms with Crippen LogP contribution in [0.1, 0.15) is 44.2 Å². The molecule has 0 saturated heterocycles. The van der Waals surface area contributed by atoms with E-state index in [9.17, 15) is 0 Å². The SMILES string of the molecule is CCCOc1ccccc1C(N)C1CC2CC2C1. The molecule has 3 rings (SSSR count). The average molecular weight is 245 g/mol. The zero-order valence-electron chi connectivity index (χ0n) is 11.1. The fourth-order valence-electron chi connectivity index (χ4n) is 3.41. The molecule has 3 unspecified atom stereocenters. The van der Waals surface area contributed by atoms with E-state index in [1.54, 1.807) is 0 Å². The van der Waals surface area contributed by atoms with Gasteiger partial charge < -0.3 is 10.5 Å². The van der Waals surface area contributed by atoms with Gasteiger partial charge in [-0.2, -0.15) is 0 Å². The van der Waals surface area contributed by atoms with E-state index in [-0.39, 0.29) is 6.04 Å². The summed E-state index contributed by atoms with van der Waals surface area (Å²) in [5.74, 6) is 3.64. The molecular formula is C16H23NO. The van der Waals surface area contributed by atoms with Crippen LogP contribution in [0.3, 0.4) is 0 Å². The molecule has 18 heavy (non-hydrogen) atoms. The van der Waals surface area contributed by atoms with Gasteiger partial charge in [0.05, 0.1) is 6.61 Å². The van der Waals surface area contributed by atoms with Crippen molar-refractivity contribution in [1.29, 1.82) is 0 Å². The minimum Gasteiger partial charge on any atom is -0.493 e. The van der Waals surface area contributed by atoms with Gasteiger partial charge in [-0.15, -0.1) is 0 Å². The smallest absolute Gasteiger partial charge is 0.124 e. The van der Waals surface area contributed by atoms with E-state index in [1.165, 1.54) is 24.8 Å². The standard InChI is InChI=1S/C16H23NO/c1-2-7-18-15-6-4-3-5-14(15)16(17)13-9-11-8-12(11)10-13/h3-6,11-13,16H,2,7-10,17H2,1H3. The summed E-state index contributed by atoms with van der Waals surface area (Å²) in [5, 5.41) is 0. The summed E-state index contributed by atoms with van der Waals surface area (Å²) in [7, 11) is 0. The number of hydrogen-bond acceptors (Lipinski definition) is 2. The second-order valence-corrected chi connectivity index (χ2v) is 5.90. The van der Waals surface area contributed by atoms with Gasteiger partial charge in [0.1, 0.15) is 5.75 Å². The molecule has 0 radical (unpaired) electrons. The van der Waals surface area contributed by atoms with Gasteiger partial charge in [0.25, 0.3) is 0 Å². The molecule has 98 valence electrons. The molecule has 0 aromatic heterocycles. The van der Waals surface area contributed by atoms with E-state index in [0.717, 1.165) is 30.6 Å². The maximum atomic E-state index is 6.48. The van der Waals surface area contributed by atoms with Gasteiger partial charge in [-0.1, -0.05) is 25.1 Å². The first-order chi connectivity index (χ1) is 8.79. The molecule has 2 aliphatic rings. The minimum atomic E-state index is 0.158. The molecule has 1 aromatic rings. The molecule has 1 aromatic carbocycles. The lowest BCUT2D eigenvalue weighted by Gasteiger charge is -2.23. The summed E-state index contributed by atoms with van der Waals surface area (Å²) < 4.78 is 5.83. The van der Waals surface area contributed by atoms with Crippen molar-refractivity contribution >= 4 is 0 Å². The van der Waals surface area contributed by atoms with Crippen LogP contribution in [0.5, 0.6) is 5.75 Å². The summed E-state index contributed by atoms with van der Waals surface area (Å²) >= 11 is 0. The maximum absolute atomic E-state index is 6.48. The number of rotatable bonds is 5. The summed E-state index contributed by atoms with van der Waals surface area (Å²) in [6.07, 6.45) is 5.15. The fraction of sp³-hybridized carbons (Fsp3) is 0.625. The quantitative estimate of drug-likeness (QED) is 0.861. The Labute approximate surface area is 110 Å². The second-order valence-electron chi connectivity index (χ2n) is 5.90. The second kappa shape index (κ2) is 4.93. The highest BCUT2D eigenvalue weighted by atomic mass is 16.5. The lowest BCUT2D eigenvalue weighted by Crippen LogP contribution is -2.21. The maximum Gasteiger partial charge on any atom is 0.124 e. The highest BCUT2D eigenvalue weighted by Crippen LogP contribution is 2.57. The first-order valence-corrected chi connectivity index (χ1v) is 7.27. The topological polar surface area (TPSA) is 35.2 Å². The molecule has 0 bridgehead atoms. The van der Waals surface area contributed by atoms with E-state index in [1.807, 2.05) is 6.07 Å². The largest absolute Gasteiger partial charge is 0.493 e. The third-order valence-electron chi connectivity index (χ3n) is 4.53. The van der Waals surface area contributed by atoms with Crippen LogP contribution >= 0.6 is 0 Å². The van der Waals surface area contributed by atoms with E-state index in [2.05, 4.69) is 25.1 Å². The molecule has 2 N–H and O–H groups in total. The van der Waals surface area contributed by atoms with Gasteiger partial charge in [0, 0.05) is 11.6 Å². The molecule has 0 heterocycles. The highest BCUT2D eigenvalue weighted by Gasteiger charge is 2.47. The predicted octanol–water partition coefficient (Wildman–Crippen LogP) is 3.52. The lowest BCUT2D eigenvalue weighted by atomic mass is 9.89. The van der Waals surface area contributed by atoms with Crippen molar-refractivity contribution in [1.82, 2.24) is 0 Å². The molecule has 2 heteroatoms. The van der Waals surface area contributed by atoms with Gasteiger partial charge in [-0.3, -0.25) is 0 Å². The van der Waals surface area contributed by atoms with E-state index >= 15 is 0 Å². The average Bonchev–Trinajstić information content (AvgIpc) is 3.02. The normalized spacial score (nSPS) is 30.9. The highest BCUT2D eigenvalue weighted by molar-refractivity contribution is 5.36. The molecule has 2 saturated carbocycles. The van der Waals surface area contributed by atoms with E-state index in [0.29, 0.717) is 5.92 Å². The summed E-state index contributed by atoms with van der Waals surface area (Å²) in [5.41, 5.74) is 7.68. The van der Waals surface area contributed by atoms with Gasteiger partial charge in [0.2, 0.25) is 0 Å². The van der Waals surface area contributed by atoms with Crippen LogP contribution in [0.25, 0.3) is 0 Å². The van der Waals surface area contributed by atoms with E-state index in [4.69, 9.17) is 10.5 Å². The number of ether oxygens (including phenoxy) is 1. The zero-order chi connectivity index (χ0) is 12.5. The molecule has 0 aliphatic heterocycles. The Balaban J connectivity index is 1.73. The third kappa shape index (κ3) is 2.26. The molecule has 0 amide bonds. The molecular weight excluding hydrogens is 222 g/mol. The van der Waals surface area contributed by atoms with Crippen molar-refractivity contribution in [3.8, 4) is 5.75 Å². The van der Waals surface area contributed by atoms with Crippen molar-refractivity contribution in [3.63, 3.8) is 0 Å². The van der Waals surface area contributed by atoms with Gasteiger partial charge >= 0.3 is 0 Å². The van der Waals surface area contributed by atoms with Gasteiger partial charge in [0.15, 0.2) is 0 Å². The Kier molecular flexibility index (Phi) is 3.29. The van der Waals surface area contributed by atoms with Crippen molar-refractivity contribution in [2.75, 3.05) is 6.61 Å². The number of fused-ring (bicyclic) bond motifs is 1. The number of hydrogen-bond donors (Lipinski definition) is 1. The fourth-order valence-corrected chi connectivity index (χ4v) is 3.41.